The molecule has 0 spiro atoms. The summed E-state index contributed by atoms with van der Waals surface area (Å²) in [4.78, 5) is 18.0. The number of nitrogens with zero attached hydrogens (tertiary/aromatic N) is 1. The van der Waals surface area contributed by atoms with E-state index in [-0.39, 0.29) is 11.7 Å². The fourth-order valence-electron chi connectivity index (χ4n) is 2.32. The lowest BCUT2D eigenvalue weighted by Crippen LogP contribution is -2.14. The highest BCUT2D eigenvalue weighted by atomic mass is 32.2. The molecule has 1 heterocycles. The molecule has 0 saturated heterocycles. The maximum absolute atomic E-state index is 13.2. The van der Waals surface area contributed by atoms with Crippen molar-refractivity contribution in [1.82, 2.24) is 4.98 Å². The molecule has 3 rings (SSSR count). The molecule has 3 aromatic rings. The van der Waals surface area contributed by atoms with E-state index in [1.165, 1.54) is 29.5 Å². The molecule has 0 fully saturated rings. The first kappa shape index (κ1) is 17.2. The molecule has 0 saturated carbocycles. The Hall–Kier alpha value is -2.66. The van der Waals surface area contributed by atoms with Gasteiger partial charge in [0.15, 0.2) is 0 Å². The number of carbonyl (C=O) groups excluding carboxylic acids is 1. The zero-order valence-corrected chi connectivity index (χ0v) is 14.7. The zero-order valence-electron chi connectivity index (χ0n) is 13.9. The Morgan fingerprint density at radius 2 is 1.84 bits per heavy atom. The predicted octanol–water partition coefficient (Wildman–Crippen LogP) is 5.24. The molecule has 0 aliphatic rings. The van der Waals surface area contributed by atoms with Gasteiger partial charge in [0.2, 0.25) is 0 Å². The third-order valence-electron chi connectivity index (χ3n) is 3.69. The highest BCUT2D eigenvalue weighted by Gasteiger charge is 2.14. The van der Waals surface area contributed by atoms with Gasteiger partial charge in [0.05, 0.1) is 5.56 Å². The van der Waals surface area contributed by atoms with Crippen LogP contribution in [0.4, 0.5) is 10.1 Å². The van der Waals surface area contributed by atoms with E-state index in [2.05, 4.69) is 10.3 Å². The Balaban J connectivity index is 1.84. The number of hydrogen-bond acceptors (Lipinski definition) is 3. The molecule has 3 nitrogen and oxygen atoms in total. The zero-order chi connectivity index (χ0) is 17.8. The molecule has 1 aromatic heterocycles. The van der Waals surface area contributed by atoms with Crippen molar-refractivity contribution >= 4 is 23.4 Å². The van der Waals surface area contributed by atoms with Gasteiger partial charge in [-0.3, -0.25) is 4.79 Å². The fraction of sp³-hybridized carbons (Fsp3) is 0.100. The molecule has 0 radical (unpaired) electrons. The van der Waals surface area contributed by atoms with Crippen LogP contribution in [0.1, 0.15) is 21.5 Å². The molecule has 0 aliphatic heterocycles. The number of benzene rings is 2. The molecule has 126 valence electrons. The number of hydrogen-bond donors (Lipinski definition) is 1. The number of amides is 1. The van der Waals surface area contributed by atoms with Crippen LogP contribution in [-0.4, -0.2) is 10.9 Å². The van der Waals surface area contributed by atoms with Crippen molar-refractivity contribution in [1.29, 1.82) is 0 Å². The molecule has 1 amide bonds. The van der Waals surface area contributed by atoms with Gasteiger partial charge in [0.25, 0.3) is 5.91 Å². The standard InChI is InChI=1S/C20H17FN2OS/c1-13-5-8-16(9-6-13)25-20-17(4-3-11-22-20)19(24)23-18-10-7-15(21)12-14(18)2/h3-12H,1-2H3,(H,23,24). The van der Waals surface area contributed by atoms with Gasteiger partial charge in [-0.25, -0.2) is 9.37 Å². The number of aromatic nitrogens is 1. The van der Waals surface area contributed by atoms with Crippen molar-refractivity contribution in [2.24, 2.45) is 0 Å². The lowest BCUT2D eigenvalue weighted by Gasteiger charge is -2.11. The number of carbonyl (C=O) groups is 1. The number of pyridine rings is 1. The molecule has 0 unspecified atom stereocenters. The van der Waals surface area contributed by atoms with E-state index < -0.39 is 0 Å². The van der Waals surface area contributed by atoms with Crippen LogP contribution in [0.5, 0.6) is 0 Å². The van der Waals surface area contributed by atoms with Crippen LogP contribution in [-0.2, 0) is 0 Å². The molecular formula is C20H17FN2OS. The summed E-state index contributed by atoms with van der Waals surface area (Å²) in [5, 5.41) is 3.46. The molecule has 5 heteroatoms. The van der Waals surface area contributed by atoms with Gasteiger partial charge in [-0.2, -0.15) is 0 Å². The van der Waals surface area contributed by atoms with Gasteiger partial charge < -0.3 is 5.32 Å². The van der Waals surface area contributed by atoms with Crippen molar-refractivity contribution in [2.45, 2.75) is 23.8 Å². The van der Waals surface area contributed by atoms with Crippen LogP contribution < -0.4 is 5.32 Å². The van der Waals surface area contributed by atoms with Crippen LogP contribution in [0.15, 0.2) is 70.7 Å². The van der Waals surface area contributed by atoms with Crippen molar-refractivity contribution in [3.8, 4) is 0 Å². The van der Waals surface area contributed by atoms with Crippen molar-refractivity contribution < 1.29 is 9.18 Å². The Morgan fingerprint density at radius 3 is 2.56 bits per heavy atom. The molecule has 2 aromatic carbocycles. The van der Waals surface area contributed by atoms with Crippen LogP contribution in [0.2, 0.25) is 0 Å². The minimum Gasteiger partial charge on any atom is -0.322 e. The summed E-state index contributed by atoms with van der Waals surface area (Å²) >= 11 is 1.44. The maximum Gasteiger partial charge on any atom is 0.258 e. The summed E-state index contributed by atoms with van der Waals surface area (Å²) in [6, 6.07) is 15.8. The van der Waals surface area contributed by atoms with E-state index in [0.29, 0.717) is 21.8 Å². The maximum atomic E-state index is 13.2. The topological polar surface area (TPSA) is 42.0 Å². The SMILES string of the molecule is Cc1ccc(Sc2ncccc2C(=O)Nc2ccc(F)cc2C)cc1. The first-order valence-corrected chi connectivity index (χ1v) is 8.61. The average molecular weight is 352 g/mol. The summed E-state index contributed by atoms with van der Waals surface area (Å²) in [7, 11) is 0. The van der Waals surface area contributed by atoms with Gasteiger partial charge >= 0.3 is 0 Å². The van der Waals surface area contributed by atoms with E-state index in [9.17, 15) is 9.18 Å². The van der Waals surface area contributed by atoms with Crippen LogP contribution in [0, 0.1) is 19.7 Å². The summed E-state index contributed by atoms with van der Waals surface area (Å²) in [6.45, 7) is 3.78. The number of halogens is 1. The summed E-state index contributed by atoms with van der Waals surface area (Å²) < 4.78 is 13.2. The fourth-order valence-corrected chi connectivity index (χ4v) is 3.20. The first-order chi connectivity index (χ1) is 12.0. The molecule has 0 atom stereocenters. The van der Waals surface area contributed by atoms with Crippen LogP contribution >= 0.6 is 11.8 Å². The predicted molar refractivity (Wildman–Crippen MR) is 98.6 cm³/mol. The van der Waals surface area contributed by atoms with Gasteiger partial charge in [-0.15, -0.1) is 0 Å². The van der Waals surface area contributed by atoms with E-state index in [1.54, 1.807) is 31.3 Å². The van der Waals surface area contributed by atoms with Gasteiger partial charge in [-0.1, -0.05) is 29.5 Å². The van der Waals surface area contributed by atoms with Gasteiger partial charge in [0.1, 0.15) is 10.8 Å². The van der Waals surface area contributed by atoms with E-state index in [1.807, 2.05) is 31.2 Å². The van der Waals surface area contributed by atoms with Crippen molar-refractivity contribution in [3.05, 3.63) is 83.3 Å². The Labute approximate surface area is 150 Å². The van der Waals surface area contributed by atoms with E-state index >= 15 is 0 Å². The van der Waals surface area contributed by atoms with E-state index in [4.69, 9.17) is 0 Å². The van der Waals surface area contributed by atoms with Crippen molar-refractivity contribution in [3.63, 3.8) is 0 Å². The second-order valence-electron chi connectivity index (χ2n) is 5.68. The molecule has 0 aliphatic carbocycles. The monoisotopic (exact) mass is 352 g/mol. The second-order valence-corrected chi connectivity index (χ2v) is 6.75. The smallest absolute Gasteiger partial charge is 0.258 e. The number of nitrogens with one attached hydrogen (secondary N) is 1. The number of rotatable bonds is 4. The Bertz CT molecular complexity index is 910. The summed E-state index contributed by atoms with van der Waals surface area (Å²) in [6.07, 6.45) is 1.66. The minimum absolute atomic E-state index is 0.266. The number of aryl methyl sites for hydroxylation is 2. The Morgan fingerprint density at radius 1 is 1.08 bits per heavy atom. The molecule has 0 bridgehead atoms. The van der Waals surface area contributed by atoms with Crippen LogP contribution in [0.3, 0.4) is 0 Å². The van der Waals surface area contributed by atoms with Crippen LogP contribution in [0.25, 0.3) is 0 Å². The summed E-state index contributed by atoms with van der Waals surface area (Å²) in [5.74, 6) is -0.593. The number of anilines is 1. The molecular weight excluding hydrogens is 335 g/mol. The largest absolute Gasteiger partial charge is 0.322 e. The van der Waals surface area contributed by atoms with Gasteiger partial charge in [-0.05, 0) is 61.9 Å². The Kier molecular flexibility index (Phi) is 5.14. The lowest BCUT2D eigenvalue weighted by molar-refractivity contribution is 0.102. The second kappa shape index (κ2) is 7.49. The lowest BCUT2D eigenvalue weighted by atomic mass is 10.2. The third kappa shape index (κ3) is 4.25. The van der Waals surface area contributed by atoms with E-state index in [0.717, 1.165) is 4.90 Å². The quantitative estimate of drug-likeness (QED) is 0.698. The van der Waals surface area contributed by atoms with Gasteiger partial charge in [0, 0.05) is 16.8 Å². The molecule has 1 N–H and O–H groups in total. The average Bonchev–Trinajstić information content (AvgIpc) is 2.60. The highest BCUT2D eigenvalue weighted by Crippen LogP contribution is 2.29. The third-order valence-corrected chi connectivity index (χ3v) is 4.71. The first-order valence-electron chi connectivity index (χ1n) is 7.80. The normalized spacial score (nSPS) is 10.5. The minimum atomic E-state index is -0.326. The van der Waals surface area contributed by atoms with Crippen molar-refractivity contribution in [2.75, 3.05) is 5.32 Å². The summed E-state index contributed by atoms with van der Waals surface area (Å²) in [5.41, 5.74) is 2.92. The molecule has 25 heavy (non-hydrogen) atoms. The highest BCUT2D eigenvalue weighted by molar-refractivity contribution is 7.99.